The standard InChI is InChI=1S/C14H15ClN2O2S/c1-11(2)17(12-6-4-3-5-7-12)20(18,19)13-8-9-14(15)16-10-13/h3-11H,1-2H3. The fraction of sp³-hybridized carbons (Fsp3) is 0.214. The molecule has 0 atom stereocenters. The minimum Gasteiger partial charge on any atom is -0.264 e. The molecule has 0 N–H and O–H groups in total. The van der Waals surface area contributed by atoms with Gasteiger partial charge in [0.25, 0.3) is 10.0 Å². The summed E-state index contributed by atoms with van der Waals surface area (Å²) in [6.07, 6.45) is 1.27. The maximum absolute atomic E-state index is 12.7. The Morgan fingerprint density at radius 2 is 1.75 bits per heavy atom. The highest BCUT2D eigenvalue weighted by atomic mass is 35.5. The smallest absolute Gasteiger partial charge is 0.264 e. The summed E-state index contributed by atoms with van der Waals surface area (Å²) in [6, 6.07) is 11.7. The van der Waals surface area contributed by atoms with Gasteiger partial charge in [-0.2, -0.15) is 0 Å². The van der Waals surface area contributed by atoms with Gasteiger partial charge in [0.05, 0.1) is 5.69 Å². The number of hydrogen-bond donors (Lipinski definition) is 0. The summed E-state index contributed by atoms with van der Waals surface area (Å²) < 4.78 is 26.8. The molecule has 0 saturated carbocycles. The van der Waals surface area contributed by atoms with Gasteiger partial charge >= 0.3 is 0 Å². The molecule has 2 rings (SSSR count). The third-order valence-electron chi connectivity index (χ3n) is 2.74. The lowest BCUT2D eigenvalue weighted by molar-refractivity contribution is 0.584. The second kappa shape index (κ2) is 5.81. The summed E-state index contributed by atoms with van der Waals surface area (Å²) in [4.78, 5) is 3.96. The van der Waals surface area contributed by atoms with Gasteiger partial charge in [0.1, 0.15) is 10.0 Å². The van der Waals surface area contributed by atoms with Crippen LogP contribution in [0.2, 0.25) is 5.15 Å². The lowest BCUT2D eigenvalue weighted by atomic mass is 10.3. The van der Waals surface area contributed by atoms with E-state index in [0.717, 1.165) is 0 Å². The summed E-state index contributed by atoms with van der Waals surface area (Å²) in [7, 11) is -3.66. The third-order valence-corrected chi connectivity index (χ3v) is 4.95. The van der Waals surface area contributed by atoms with Crippen LogP contribution in [0.4, 0.5) is 5.69 Å². The minimum atomic E-state index is -3.66. The van der Waals surface area contributed by atoms with Crippen LogP contribution in [0, 0.1) is 0 Å². The fourth-order valence-corrected chi connectivity index (χ4v) is 3.64. The van der Waals surface area contributed by atoms with Crippen LogP contribution in [0.3, 0.4) is 0 Å². The molecule has 106 valence electrons. The first-order valence-corrected chi connectivity index (χ1v) is 7.96. The summed E-state index contributed by atoms with van der Waals surface area (Å²) in [5.41, 5.74) is 0.623. The second-order valence-electron chi connectivity index (χ2n) is 4.55. The quantitative estimate of drug-likeness (QED) is 0.814. The van der Waals surface area contributed by atoms with Crippen molar-refractivity contribution in [3.8, 4) is 0 Å². The van der Waals surface area contributed by atoms with Gasteiger partial charge in [0.2, 0.25) is 0 Å². The van der Waals surface area contributed by atoms with Crippen molar-refractivity contribution >= 4 is 27.3 Å². The lowest BCUT2D eigenvalue weighted by Crippen LogP contribution is -2.37. The zero-order valence-corrected chi connectivity index (χ0v) is 12.8. The van der Waals surface area contributed by atoms with Gasteiger partial charge in [-0.05, 0) is 38.1 Å². The van der Waals surface area contributed by atoms with Gasteiger partial charge in [0, 0.05) is 12.2 Å². The molecule has 0 fully saturated rings. The molecule has 1 aromatic carbocycles. The highest BCUT2D eigenvalue weighted by molar-refractivity contribution is 7.92. The average molecular weight is 311 g/mol. The van der Waals surface area contributed by atoms with E-state index in [0.29, 0.717) is 5.69 Å². The van der Waals surface area contributed by atoms with Crippen LogP contribution < -0.4 is 4.31 Å². The van der Waals surface area contributed by atoms with Crippen molar-refractivity contribution in [1.29, 1.82) is 0 Å². The van der Waals surface area contributed by atoms with Crippen molar-refractivity contribution in [3.05, 3.63) is 53.8 Å². The van der Waals surface area contributed by atoms with Gasteiger partial charge in [-0.15, -0.1) is 0 Å². The number of rotatable bonds is 4. The molecule has 0 spiro atoms. The number of nitrogens with zero attached hydrogens (tertiary/aromatic N) is 2. The summed E-state index contributed by atoms with van der Waals surface area (Å²) >= 11 is 5.70. The number of hydrogen-bond acceptors (Lipinski definition) is 3. The van der Waals surface area contributed by atoms with E-state index in [1.165, 1.54) is 22.6 Å². The largest absolute Gasteiger partial charge is 0.266 e. The third kappa shape index (κ3) is 2.94. The van der Waals surface area contributed by atoms with Crippen LogP contribution in [0.15, 0.2) is 53.6 Å². The SMILES string of the molecule is CC(C)N(c1ccccc1)S(=O)(=O)c1ccc(Cl)nc1. The normalized spacial score (nSPS) is 11.6. The zero-order valence-electron chi connectivity index (χ0n) is 11.2. The van der Waals surface area contributed by atoms with Crippen LogP contribution in [0.5, 0.6) is 0 Å². The van der Waals surface area contributed by atoms with Crippen molar-refractivity contribution in [2.24, 2.45) is 0 Å². The Balaban J connectivity index is 2.51. The Kier molecular flexibility index (Phi) is 4.30. The lowest BCUT2D eigenvalue weighted by Gasteiger charge is -2.28. The van der Waals surface area contributed by atoms with Gasteiger partial charge in [-0.25, -0.2) is 13.4 Å². The van der Waals surface area contributed by atoms with E-state index in [2.05, 4.69) is 4.98 Å². The summed E-state index contributed by atoms with van der Waals surface area (Å²) in [5, 5.41) is 0.264. The molecule has 1 aromatic heterocycles. The van der Waals surface area contributed by atoms with Crippen molar-refractivity contribution in [3.63, 3.8) is 0 Å². The Labute approximate surface area is 124 Å². The van der Waals surface area contributed by atoms with Crippen LogP contribution in [0.1, 0.15) is 13.8 Å². The van der Waals surface area contributed by atoms with Gasteiger partial charge < -0.3 is 0 Å². The number of para-hydroxylation sites is 1. The highest BCUT2D eigenvalue weighted by Gasteiger charge is 2.27. The summed E-state index contributed by atoms with van der Waals surface area (Å²) in [5.74, 6) is 0. The predicted octanol–water partition coefficient (Wildman–Crippen LogP) is 3.34. The maximum Gasteiger partial charge on any atom is 0.266 e. The van der Waals surface area contributed by atoms with Crippen molar-refractivity contribution < 1.29 is 8.42 Å². The topological polar surface area (TPSA) is 50.3 Å². The monoisotopic (exact) mass is 310 g/mol. The van der Waals surface area contributed by atoms with E-state index in [-0.39, 0.29) is 16.1 Å². The number of halogens is 1. The zero-order chi connectivity index (χ0) is 14.8. The van der Waals surface area contributed by atoms with Gasteiger partial charge in [-0.1, -0.05) is 29.8 Å². The Bertz CT molecular complexity index is 670. The first-order chi connectivity index (χ1) is 9.43. The predicted molar refractivity (Wildman–Crippen MR) is 80.5 cm³/mol. The molecule has 4 nitrogen and oxygen atoms in total. The number of pyridine rings is 1. The molecular formula is C14H15ClN2O2S. The maximum atomic E-state index is 12.7. The van der Waals surface area contributed by atoms with E-state index in [9.17, 15) is 8.42 Å². The Hall–Kier alpha value is -1.59. The molecule has 0 aliphatic carbocycles. The molecule has 0 radical (unpaired) electrons. The first kappa shape index (κ1) is 14.8. The molecular weight excluding hydrogens is 296 g/mol. The molecule has 0 aliphatic heterocycles. The van der Waals surface area contributed by atoms with Crippen molar-refractivity contribution in [2.45, 2.75) is 24.8 Å². The molecule has 0 aliphatic rings. The van der Waals surface area contributed by atoms with Gasteiger partial charge in [-0.3, -0.25) is 4.31 Å². The molecule has 6 heteroatoms. The Morgan fingerprint density at radius 1 is 1.10 bits per heavy atom. The van der Waals surface area contributed by atoms with Crippen LogP contribution >= 0.6 is 11.6 Å². The molecule has 20 heavy (non-hydrogen) atoms. The molecule has 1 heterocycles. The highest BCUT2D eigenvalue weighted by Crippen LogP contribution is 2.25. The molecule has 0 bridgehead atoms. The number of anilines is 1. The van der Waals surface area contributed by atoms with E-state index < -0.39 is 10.0 Å². The van der Waals surface area contributed by atoms with Crippen molar-refractivity contribution in [2.75, 3.05) is 4.31 Å². The molecule has 0 saturated heterocycles. The van der Waals surface area contributed by atoms with E-state index in [1.807, 2.05) is 19.9 Å². The van der Waals surface area contributed by atoms with Gasteiger partial charge in [0.15, 0.2) is 0 Å². The minimum absolute atomic E-state index is 0.124. The van der Waals surface area contributed by atoms with Crippen LogP contribution in [-0.2, 0) is 10.0 Å². The molecule has 0 amide bonds. The number of aromatic nitrogens is 1. The van der Waals surface area contributed by atoms with Crippen LogP contribution in [0.25, 0.3) is 0 Å². The van der Waals surface area contributed by atoms with Crippen molar-refractivity contribution in [1.82, 2.24) is 4.98 Å². The Morgan fingerprint density at radius 3 is 2.25 bits per heavy atom. The molecule has 2 aromatic rings. The van der Waals surface area contributed by atoms with E-state index in [4.69, 9.17) is 11.6 Å². The number of sulfonamides is 1. The van der Waals surface area contributed by atoms with Crippen LogP contribution in [-0.4, -0.2) is 19.4 Å². The molecule has 0 unspecified atom stereocenters. The number of benzene rings is 1. The van der Waals surface area contributed by atoms with E-state index in [1.54, 1.807) is 24.3 Å². The fourth-order valence-electron chi connectivity index (χ4n) is 1.92. The first-order valence-electron chi connectivity index (χ1n) is 6.14. The second-order valence-corrected chi connectivity index (χ2v) is 6.75. The summed E-state index contributed by atoms with van der Waals surface area (Å²) in [6.45, 7) is 3.65. The average Bonchev–Trinajstić information content (AvgIpc) is 2.39. The van der Waals surface area contributed by atoms with E-state index >= 15 is 0 Å².